The van der Waals surface area contributed by atoms with E-state index >= 15 is 0 Å². The molecule has 0 fully saturated rings. The van der Waals surface area contributed by atoms with Crippen molar-refractivity contribution >= 4 is 45.5 Å². The van der Waals surface area contributed by atoms with E-state index in [2.05, 4.69) is 137 Å². The molecule has 4 aromatic carbocycles. The monoisotopic (exact) mass is 594 g/mol. The number of hydrogen-bond donors (Lipinski definition) is 0. The average Bonchev–Trinajstić information content (AvgIpc) is 3.28. The number of pyridine rings is 1. The van der Waals surface area contributed by atoms with Crippen molar-refractivity contribution in [1.29, 1.82) is 0 Å². The number of anilines is 1. The highest BCUT2D eigenvalue weighted by molar-refractivity contribution is 6.02. The van der Waals surface area contributed by atoms with Gasteiger partial charge >= 0.3 is 0 Å². The molecule has 1 aliphatic heterocycles. The second-order valence-corrected chi connectivity index (χ2v) is 12.5. The summed E-state index contributed by atoms with van der Waals surface area (Å²) in [5.41, 5.74) is 7.51. The van der Waals surface area contributed by atoms with Gasteiger partial charge in [0, 0.05) is 40.1 Å². The van der Waals surface area contributed by atoms with Crippen LogP contribution in [0.4, 0.5) is 5.69 Å². The average molecular weight is 595 g/mol. The zero-order chi connectivity index (χ0) is 30.5. The number of allylic oxidation sites excluding steroid dienone is 6. The van der Waals surface area contributed by atoms with Crippen LogP contribution >= 0.6 is 0 Å². The normalized spacial score (nSPS) is 18.1. The Labute approximate surface area is 269 Å². The first kappa shape index (κ1) is 26.9. The number of benzene rings is 4. The van der Waals surface area contributed by atoms with Crippen LogP contribution in [0.2, 0.25) is 0 Å². The van der Waals surface area contributed by atoms with E-state index in [9.17, 15) is 0 Å². The summed E-state index contributed by atoms with van der Waals surface area (Å²) >= 11 is 0. The maximum Gasteiger partial charge on any atom is 0.142 e. The van der Waals surface area contributed by atoms with E-state index in [4.69, 9.17) is 4.74 Å². The molecule has 5 aromatic rings. The van der Waals surface area contributed by atoms with Gasteiger partial charge in [-0.2, -0.15) is 0 Å². The van der Waals surface area contributed by atoms with Crippen LogP contribution in [0.5, 0.6) is 11.5 Å². The van der Waals surface area contributed by atoms with Gasteiger partial charge in [-0.05, 0) is 101 Å². The van der Waals surface area contributed by atoms with Crippen molar-refractivity contribution in [2.75, 3.05) is 4.90 Å². The highest BCUT2D eigenvalue weighted by Crippen LogP contribution is 2.41. The lowest BCUT2D eigenvalue weighted by Gasteiger charge is -2.35. The molecule has 0 spiro atoms. The molecule has 0 N–H and O–H groups in total. The maximum atomic E-state index is 7.03. The second kappa shape index (κ2) is 11.2. The molecule has 9 rings (SSSR count). The Morgan fingerprint density at radius 3 is 2.59 bits per heavy atom. The fourth-order valence-corrected chi connectivity index (χ4v) is 7.54. The minimum atomic E-state index is 0.246. The van der Waals surface area contributed by atoms with Crippen molar-refractivity contribution in [3.8, 4) is 22.6 Å². The van der Waals surface area contributed by atoms with E-state index in [0.717, 1.165) is 54.4 Å². The van der Waals surface area contributed by atoms with Crippen LogP contribution in [-0.2, 0) is 0 Å². The molecule has 46 heavy (non-hydrogen) atoms. The molecule has 3 nitrogen and oxygen atoms in total. The summed E-state index contributed by atoms with van der Waals surface area (Å²) in [4.78, 5) is 7.13. The quantitative estimate of drug-likeness (QED) is 0.207. The minimum absolute atomic E-state index is 0.246. The van der Waals surface area contributed by atoms with Gasteiger partial charge in [0.25, 0.3) is 0 Å². The Hall–Kier alpha value is -5.41. The van der Waals surface area contributed by atoms with Crippen molar-refractivity contribution in [3.05, 3.63) is 149 Å². The summed E-state index contributed by atoms with van der Waals surface area (Å²) in [5, 5.41) is 7.08. The third-order valence-electron chi connectivity index (χ3n) is 9.72. The molecule has 0 radical (unpaired) electrons. The first-order chi connectivity index (χ1) is 22.8. The number of hydrogen-bond acceptors (Lipinski definition) is 3. The lowest BCUT2D eigenvalue weighted by Crippen LogP contribution is -2.34. The zero-order valence-electron chi connectivity index (χ0n) is 25.7. The smallest absolute Gasteiger partial charge is 0.142 e. The summed E-state index contributed by atoms with van der Waals surface area (Å²) in [6, 6.07) is 24.3. The molecular formula is C43H34N2O. The lowest BCUT2D eigenvalue weighted by molar-refractivity contribution is 0.483. The largest absolute Gasteiger partial charge is 0.456 e. The molecule has 0 bridgehead atoms. The van der Waals surface area contributed by atoms with Gasteiger partial charge in [0.2, 0.25) is 0 Å². The van der Waals surface area contributed by atoms with Gasteiger partial charge in [0.05, 0.1) is 11.7 Å². The highest BCUT2D eigenvalue weighted by atomic mass is 16.5. The van der Waals surface area contributed by atoms with Crippen molar-refractivity contribution in [2.45, 2.75) is 38.1 Å². The maximum absolute atomic E-state index is 7.03. The Morgan fingerprint density at radius 2 is 1.67 bits per heavy atom. The lowest BCUT2D eigenvalue weighted by atomic mass is 9.91. The van der Waals surface area contributed by atoms with E-state index in [0.29, 0.717) is 0 Å². The Kier molecular flexibility index (Phi) is 6.55. The van der Waals surface area contributed by atoms with E-state index in [1.807, 2.05) is 12.4 Å². The van der Waals surface area contributed by atoms with Gasteiger partial charge in [-0.25, -0.2) is 0 Å². The predicted octanol–water partition coefficient (Wildman–Crippen LogP) is 9.52. The highest BCUT2D eigenvalue weighted by Gasteiger charge is 2.27. The molecule has 0 saturated carbocycles. The first-order valence-corrected chi connectivity index (χ1v) is 16.4. The third kappa shape index (κ3) is 4.54. The summed E-state index contributed by atoms with van der Waals surface area (Å²) in [5.74, 6) is 1.75. The van der Waals surface area contributed by atoms with E-state index in [1.54, 1.807) is 0 Å². The van der Waals surface area contributed by atoms with Crippen molar-refractivity contribution in [3.63, 3.8) is 0 Å². The van der Waals surface area contributed by atoms with Gasteiger partial charge in [-0.1, -0.05) is 91.1 Å². The van der Waals surface area contributed by atoms with Gasteiger partial charge < -0.3 is 9.64 Å². The Bertz CT molecular complexity index is 2340. The van der Waals surface area contributed by atoms with Crippen molar-refractivity contribution < 1.29 is 4.74 Å². The van der Waals surface area contributed by atoms with Crippen molar-refractivity contribution in [1.82, 2.24) is 4.98 Å². The van der Waals surface area contributed by atoms with Crippen LogP contribution in [0.1, 0.15) is 37.7 Å². The van der Waals surface area contributed by atoms with Gasteiger partial charge in [-0.3, -0.25) is 4.98 Å². The van der Waals surface area contributed by atoms with Crippen molar-refractivity contribution in [2.24, 2.45) is 0 Å². The summed E-state index contributed by atoms with van der Waals surface area (Å²) in [7, 11) is 0. The SMILES string of the molecule is C1=CCC(N2C3=C(C=Cc4ccc(Oc5c6c(c(-c7ccc8ccccc8c7)c7cnccc57)=CCCC=6)cc42)CCC=C3)C=C1. The van der Waals surface area contributed by atoms with Crippen LogP contribution in [0.3, 0.4) is 0 Å². The first-order valence-electron chi connectivity index (χ1n) is 16.4. The molecule has 1 unspecified atom stereocenters. The molecule has 0 saturated heterocycles. The molecule has 2 heterocycles. The second-order valence-electron chi connectivity index (χ2n) is 12.5. The number of aromatic nitrogens is 1. The van der Waals surface area contributed by atoms with Crippen LogP contribution in [0.25, 0.3) is 50.9 Å². The number of fused-ring (bicyclic) bond motifs is 4. The molecule has 4 aliphatic rings. The molecule has 1 atom stereocenters. The molecule has 0 amide bonds. The van der Waals surface area contributed by atoms with E-state index in [-0.39, 0.29) is 6.04 Å². The molecule has 222 valence electrons. The van der Waals surface area contributed by atoms with Crippen LogP contribution in [0.15, 0.2) is 133 Å². The summed E-state index contributed by atoms with van der Waals surface area (Å²) in [6.45, 7) is 0. The van der Waals surface area contributed by atoms with E-state index in [1.165, 1.54) is 54.9 Å². The van der Waals surface area contributed by atoms with Crippen LogP contribution in [-0.4, -0.2) is 11.0 Å². The Balaban J connectivity index is 1.21. The van der Waals surface area contributed by atoms with Gasteiger partial charge in [0.15, 0.2) is 0 Å². The Morgan fingerprint density at radius 1 is 0.761 bits per heavy atom. The predicted molar refractivity (Wildman–Crippen MR) is 192 cm³/mol. The molecule has 1 aromatic heterocycles. The van der Waals surface area contributed by atoms with Gasteiger partial charge in [0.1, 0.15) is 11.5 Å². The summed E-state index contributed by atoms with van der Waals surface area (Å²) in [6.07, 6.45) is 31.9. The standard InChI is InChI=1S/C43H34N2O/c1-2-13-34(14-3-1)45-40-17-9-6-11-30(40)19-20-31-22-23-35(27-41(31)45)46-43-37-16-8-7-15-36(37)42(39-28-44-25-24-38(39)43)33-21-18-29-10-4-5-12-32(29)26-33/h1-5,9-10,12-13,15-28,34H,6-8,11,14H2. The van der Waals surface area contributed by atoms with E-state index < -0.39 is 0 Å². The van der Waals surface area contributed by atoms with Crippen LogP contribution < -0.4 is 20.1 Å². The summed E-state index contributed by atoms with van der Waals surface area (Å²) < 4.78 is 7.03. The molecule has 3 heteroatoms. The number of nitrogens with zero attached hydrogens (tertiary/aromatic N) is 2. The van der Waals surface area contributed by atoms with Gasteiger partial charge in [-0.15, -0.1) is 0 Å². The number of rotatable bonds is 4. The fourth-order valence-electron chi connectivity index (χ4n) is 7.54. The fraction of sp³-hybridized carbons (Fsp3) is 0.140. The minimum Gasteiger partial charge on any atom is -0.456 e. The third-order valence-corrected chi connectivity index (χ3v) is 9.72. The van der Waals surface area contributed by atoms with Crippen LogP contribution in [0, 0.1) is 0 Å². The molecule has 3 aliphatic carbocycles. The molecular weight excluding hydrogens is 560 g/mol. The zero-order valence-corrected chi connectivity index (χ0v) is 25.7. The number of ether oxygens (including phenoxy) is 1. The topological polar surface area (TPSA) is 25.4 Å².